The van der Waals surface area contributed by atoms with E-state index >= 15 is 0 Å². The Labute approximate surface area is 150 Å². The van der Waals surface area contributed by atoms with Gasteiger partial charge >= 0.3 is 14.4 Å². The number of benzene rings is 2. The lowest BCUT2D eigenvalue weighted by Crippen LogP contribution is -2.01. The van der Waals surface area contributed by atoms with Crippen molar-refractivity contribution < 1.29 is 19.3 Å². The molecule has 25 heavy (non-hydrogen) atoms. The lowest BCUT2D eigenvalue weighted by atomic mass is 9.91. The second kappa shape index (κ2) is 7.99. The van der Waals surface area contributed by atoms with Crippen LogP contribution in [0.15, 0.2) is 24.3 Å². The smallest absolute Gasteiger partial charge is 0.507 e. The van der Waals surface area contributed by atoms with Crippen molar-refractivity contribution in [3.05, 3.63) is 57.6 Å². The molecule has 0 saturated carbocycles. The molecule has 0 radical (unpaired) electrons. The largest absolute Gasteiger partial charge is 0.547 e. The predicted octanol–water partition coefficient (Wildman–Crippen LogP) is 5.10. The Balaban J connectivity index is 2.33. The van der Waals surface area contributed by atoms with Gasteiger partial charge in [-0.05, 0) is 83.2 Å². The minimum Gasteiger partial charge on any atom is -0.507 e. The molecule has 0 aromatic heterocycles. The van der Waals surface area contributed by atoms with Crippen molar-refractivity contribution >= 4 is 8.03 Å². The summed E-state index contributed by atoms with van der Waals surface area (Å²) in [5.74, 6) is 1.26. The van der Waals surface area contributed by atoms with Crippen LogP contribution < -0.4 is 4.74 Å². The molecule has 0 spiro atoms. The number of hydrogen-bond donors (Lipinski definition) is 2. The van der Waals surface area contributed by atoms with Crippen molar-refractivity contribution in [2.75, 3.05) is 6.35 Å². The van der Waals surface area contributed by atoms with Gasteiger partial charge in [-0.15, -0.1) is 0 Å². The average Bonchev–Trinajstić information content (AvgIpc) is 2.51. The van der Waals surface area contributed by atoms with E-state index in [-0.39, 0.29) is 12.3 Å². The molecule has 0 bridgehead atoms. The molecule has 134 valence electrons. The molecule has 2 aromatic carbocycles. The van der Waals surface area contributed by atoms with E-state index in [0.29, 0.717) is 11.5 Å². The molecule has 2 rings (SSSR count). The van der Waals surface area contributed by atoms with E-state index in [0.717, 1.165) is 34.2 Å². The molecule has 4 nitrogen and oxygen atoms in total. The van der Waals surface area contributed by atoms with Crippen LogP contribution in [0.3, 0.4) is 0 Å². The van der Waals surface area contributed by atoms with E-state index in [1.54, 1.807) is 0 Å². The molecule has 0 fully saturated rings. The second-order valence-electron chi connectivity index (χ2n) is 6.84. The lowest BCUT2D eigenvalue weighted by molar-refractivity contribution is 0.360. The Bertz CT molecular complexity index is 774. The maximum Gasteiger partial charge on any atom is 0.547 e. The van der Waals surface area contributed by atoms with Crippen molar-refractivity contribution in [2.45, 2.75) is 47.0 Å². The summed E-state index contributed by atoms with van der Waals surface area (Å²) in [5.41, 5.74) is 6.40. The van der Waals surface area contributed by atoms with E-state index in [2.05, 4.69) is 19.9 Å². The highest BCUT2D eigenvalue weighted by atomic mass is 31.1. The summed E-state index contributed by atoms with van der Waals surface area (Å²) in [5, 5.41) is 10.2. The van der Waals surface area contributed by atoms with Crippen LogP contribution in [0, 0.1) is 20.8 Å². The van der Waals surface area contributed by atoms with Gasteiger partial charge in [-0.2, -0.15) is 4.89 Å². The van der Waals surface area contributed by atoms with E-state index in [4.69, 9.17) is 9.63 Å². The zero-order valence-corrected chi connectivity index (χ0v) is 16.4. The van der Waals surface area contributed by atoms with Crippen LogP contribution in [-0.2, 0) is 11.0 Å². The van der Waals surface area contributed by atoms with E-state index in [1.165, 1.54) is 5.56 Å². The topological polar surface area (TPSA) is 66.8 Å². The Morgan fingerprint density at radius 1 is 1.04 bits per heavy atom. The summed E-state index contributed by atoms with van der Waals surface area (Å²) in [6.45, 7) is 10.1. The molecular formula is C20H26O4P+. The third-order valence-corrected chi connectivity index (χ3v) is 4.75. The van der Waals surface area contributed by atoms with Crippen molar-refractivity contribution in [1.82, 2.24) is 0 Å². The number of hydrogen-bond acceptors (Lipinski definition) is 3. The van der Waals surface area contributed by atoms with Crippen LogP contribution in [0.5, 0.6) is 11.5 Å². The van der Waals surface area contributed by atoms with Gasteiger partial charge in [0.1, 0.15) is 11.5 Å². The molecule has 0 aliphatic rings. The van der Waals surface area contributed by atoms with Crippen molar-refractivity contribution in [2.24, 2.45) is 0 Å². The fraction of sp³-hybridized carbons (Fsp3) is 0.400. The Morgan fingerprint density at radius 2 is 1.64 bits per heavy atom. The maximum atomic E-state index is 10.8. The number of rotatable bonds is 6. The Kier molecular flexibility index (Phi) is 6.21. The summed E-state index contributed by atoms with van der Waals surface area (Å²) in [6.07, 6.45) is 0.579. The monoisotopic (exact) mass is 361 g/mol. The first-order chi connectivity index (χ1) is 11.7. The predicted molar refractivity (Wildman–Crippen MR) is 101 cm³/mol. The van der Waals surface area contributed by atoms with E-state index in [1.807, 2.05) is 39.0 Å². The van der Waals surface area contributed by atoms with Crippen LogP contribution in [0.2, 0.25) is 0 Å². The minimum atomic E-state index is -2.30. The Morgan fingerprint density at radius 3 is 2.16 bits per heavy atom. The van der Waals surface area contributed by atoms with Crippen molar-refractivity contribution in [1.29, 1.82) is 0 Å². The molecule has 1 atom stereocenters. The van der Waals surface area contributed by atoms with Gasteiger partial charge in [0.15, 0.2) is 0 Å². The molecular weight excluding hydrogens is 335 g/mol. The molecule has 0 saturated heterocycles. The summed E-state index contributed by atoms with van der Waals surface area (Å²) in [4.78, 5) is 8.88. The number of phenolic OH excluding ortho intramolecular Hbond substituents is 1. The van der Waals surface area contributed by atoms with Gasteiger partial charge in [-0.3, -0.25) is 0 Å². The third kappa shape index (κ3) is 4.81. The molecule has 0 aliphatic heterocycles. The summed E-state index contributed by atoms with van der Waals surface area (Å²) >= 11 is 0. The van der Waals surface area contributed by atoms with Gasteiger partial charge in [-0.25, -0.2) is 0 Å². The molecule has 0 aliphatic carbocycles. The van der Waals surface area contributed by atoms with Crippen LogP contribution in [0.4, 0.5) is 0 Å². The van der Waals surface area contributed by atoms with Gasteiger partial charge in [0.25, 0.3) is 0 Å². The fourth-order valence-electron chi connectivity index (χ4n) is 3.08. The van der Waals surface area contributed by atoms with Crippen LogP contribution >= 0.6 is 8.03 Å². The van der Waals surface area contributed by atoms with Gasteiger partial charge in [0.05, 0.1) is 0 Å². The average molecular weight is 361 g/mol. The Hall–Kier alpha value is -1.90. The first-order valence-corrected chi connectivity index (χ1v) is 9.77. The van der Waals surface area contributed by atoms with Gasteiger partial charge in [-0.1, -0.05) is 26.0 Å². The molecule has 2 N–H and O–H groups in total. The van der Waals surface area contributed by atoms with Crippen molar-refractivity contribution in [3.63, 3.8) is 0 Å². The normalized spacial score (nSPS) is 11.7. The first kappa shape index (κ1) is 19.4. The van der Waals surface area contributed by atoms with Gasteiger partial charge < -0.3 is 9.84 Å². The van der Waals surface area contributed by atoms with Gasteiger partial charge in [0.2, 0.25) is 0 Å². The zero-order valence-electron chi connectivity index (χ0n) is 15.5. The third-order valence-electron chi connectivity index (χ3n) is 4.40. The van der Waals surface area contributed by atoms with Crippen LogP contribution in [0.1, 0.15) is 53.1 Å². The number of aromatic hydroxyl groups is 1. The highest BCUT2D eigenvalue weighted by Gasteiger charge is 2.15. The zero-order chi connectivity index (χ0) is 18.7. The molecule has 1 unspecified atom stereocenters. The van der Waals surface area contributed by atoms with Gasteiger partial charge in [0, 0.05) is 0 Å². The maximum absolute atomic E-state index is 10.8. The molecule has 0 heterocycles. The number of ether oxygens (including phenoxy) is 1. The summed E-state index contributed by atoms with van der Waals surface area (Å²) in [6, 6.07) is 7.91. The number of aryl methyl sites for hydroxylation is 3. The molecule has 5 heteroatoms. The minimum absolute atomic E-state index is 0.192. The number of phenols is 1. The van der Waals surface area contributed by atoms with E-state index < -0.39 is 8.03 Å². The first-order valence-electron chi connectivity index (χ1n) is 8.38. The van der Waals surface area contributed by atoms with Crippen molar-refractivity contribution in [3.8, 4) is 11.5 Å². The highest BCUT2D eigenvalue weighted by Crippen LogP contribution is 2.32. The quantitative estimate of drug-likeness (QED) is 0.702. The SMILES string of the molecule is Cc1cc(Cc2c(C)cc(OC[P+](=O)O)cc2C)cc(C(C)C)c1O. The molecule has 0 amide bonds. The standard InChI is InChI=1S/C20H25O4P/c1-12(2)18-9-16(6-15(5)20(18)21)10-19-13(3)7-17(8-14(19)4)24-11-25(22)23/h6-9,12H,10-11H2,1-5H3,(H-,21,22,23)/p+1. The van der Waals surface area contributed by atoms with E-state index in [9.17, 15) is 9.67 Å². The summed E-state index contributed by atoms with van der Waals surface area (Å²) < 4.78 is 16.2. The second-order valence-corrected chi connectivity index (χ2v) is 7.81. The molecule has 2 aromatic rings. The summed E-state index contributed by atoms with van der Waals surface area (Å²) in [7, 11) is -2.30. The highest BCUT2D eigenvalue weighted by molar-refractivity contribution is 7.37. The lowest BCUT2D eigenvalue weighted by Gasteiger charge is -2.16. The van der Waals surface area contributed by atoms with Crippen LogP contribution in [-0.4, -0.2) is 16.3 Å². The fourth-order valence-corrected chi connectivity index (χ4v) is 3.34. The van der Waals surface area contributed by atoms with Crippen LogP contribution in [0.25, 0.3) is 0 Å².